The molecule has 2 nitrogen and oxygen atoms in total. The van der Waals surface area contributed by atoms with Gasteiger partial charge in [-0.25, -0.2) is 0 Å². The van der Waals surface area contributed by atoms with Crippen molar-refractivity contribution >= 4 is 5.71 Å². The molecule has 1 rings (SSSR count). The molecule has 0 amide bonds. The topological polar surface area (TPSA) is 38.4 Å². The van der Waals surface area contributed by atoms with Gasteiger partial charge in [0, 0.05) is 11.1 Å². The summed E-state index contributed by atoms with van der Waals surface area (Å²) in [7, 11) is 0. The van der Waals surface area contributed by atoms with Crippen molar-refractivity contribution in [1.29, 1.82) is 0 Å². The van der Waals surface area contributed by atoms with Crippen LogP contribution in [0.15, 0.2) is 72.4 Å². The molecule has 0 fully saturated rings. The molecular formula is C13H14N2. The van der Waals surface area contributed by atoms with Crippen LogP contribution in [0.3, 0.4) is 0 Å². The van der Waals surface area contributed by atoms with E-state index in [9.17, 15) is 0 Å². The molecule has 0 saturated carbocycles. The van der Waals surface area contributed by atoms with Gasteiger partial charge in [-0.1, -0.05) is 61.7 Å². The van der Waals surface area contributed by atoms with E-state index in [2.05, 4.69) is 18.3 Å². The molecule has 0 aliphatic carbocycles. The normalized spacial score (nSPS) is 12.3. The third-order valence-electron chi connectivity index (χ3n) is 1.97. The Balaban J connectivity index is 3.16. The highest BCUT2D eigenvalue weighted by molar-refractivity contribution is 6.14. The first-order valence-corrected chi connectivity index (χ1v) is 4.62. The molecule has 15 heavy (non-hydrogen) atoms. The van der Waals surface area contributed by atoms with Gasteiger partial charge in [-0.2, -0.15) is 5.10 Å². The molecule has 1 aromatic carbocycles. The first-order chi connectivity index (χ1) is 7.33. The van der Waals surface area contributed by atoms with E-state index in [4.69, 9.17) is 5.84 Å². The summed E-state index contributed by atoms with van der Waals surface area (Å²) in [6, 6.07) is 9.73. The largest absolute Gasteiger partial charge is 0.323 e. The standard InChI is InChI=1S/C13H14N2/c1-3-8-11(4-2)13(15-14)12-9-6-5-7-10-12/h3-10H,1-2,14H2/b11-8+,15-13+. The lowest BCUT2D eigenvalue weighted by molar-refractivity contribution is 1.24. The van der Waals surface area contributed by atoms with Crippen molar-refractivity contribution in [2.45, 2.75) is 0 Å². The van der Waals surface area contributed by atoms with Gasteiger partial charge in [0.15, 0.2) is 0 Å². The maximum atomic E-state index is 5.38. The lowest BCUT2D eigenvalue weighted by atomic mass is 10.0. The number of allylic oxidation sites excluding steroid dienone is 4. The quantitative estimate of drug-likeness (QED) is 0.343. The number of hydrogen-bond donors (Lipinski definition) is 1. The number of nitrogens with two attached hydrogens (primary N) is 1. The van der Waals surface area contributed by atoms with E-state index in [0.717, 1.165) is 11.1 Å². The van der Waals surface area contributed by atoms with E-state index < -0.39 is 0 Å². The van der Waals surface area contributed by atoms with Crippen LogP contribution < -0.4 is 5.84 Å². The van der Waals surface area contributed by atoms with E-state index in [-0.39, 0.29) is 0 Å². The van der Waals surface area contributed by atoms with Gasteiger partial charge in [-0.15, -0.1) is 0 Å². The smallest absolute Gasteiger partial charge is 0.0971 e. The Morgan fingerprint density at radius 1 is 1.20 bits per heavy atom. The average Bonchev–Trinajstić information content (AvgIpc) is 2.30. The summed E-state index contributed by atoms with van der Waals surface area (Å²) in [5.74, 6) is 5.38. The lowest BCUT2D eigenvalue weighted by Crippen LogP contribution is -2.06. The maximum Gasteiger partial charge on any atom is 0.0971 e. The van der Waals surface area contributed by atoms with Crippen molar-refractivity contribution in [2.24, 2.45) is 10.9 Å². The van der Waals surface area contributed by atoms with E-state index in [0.29, 0.717) is 5.71 Å². The summed E-state index contributed by atoms with van der Waals surface area (Å²) in [5.41, 5.74) is 2.54. The summed E-state index contributed by atoms with van der Waals surface area (Å²) < 4.78 is 0. The summed E-state index contributed by atoms with van der Waals surface area (Å²) in [5, 5.41) is 3.78. The van der Waals surface area contributed by atoms with Crippen LogP contribution >= 0.6 is 0 Å². The second-order valence-electron chi connectivity index (χ2n) is 2.91. The predicted octanol–water partition coefficient (Wildman–Crippen LogP) is 2.65. The molecule has 0 heterocycles. The fourth-order valence-corrected chi connectivity index (χ4v) is 1.28. The van der Waals surface area contributed by atoms with Crippen LogP contribution in [0.25, 0.3) is 0 Å². The van der Waals surface area contributed by atoms with Crippen LogP contribution in [0.2, 0.25) is 0 Å². The Morgan fingerprint density at radius 2 is 1.87 bits per heavy atom. The van der Waals surface area contributed by atoms with Crippen molar-refractivity contribution in [1.82, 2.24) is 0 Å². The average molecular weight is 198 g/mol. The van der Waals surface area contributed by atoms with Crippen LogP contribution in [0.5, 0.6) is 0 Å². The van der Waals surface area contributed by atoms with Crippen molar-refractivity contribution in [3.8, 4) is 0 Å². The number of benzene rings is 1. The number of hydrazone groups is 1. The number of rotatable bonds is 4. The molecule has 0 aliphatic rings. The minimum Gasteiger partial charge on any atom is -0.323 e. The van der Waals surface area contributed by atoms with Crippen molar-refractivity contribution in [2.75, 3.05) is 0 Å². The summed E-state index contributed by atoms with van der Waals surface area (Å²) in [6.07, 6.45) is 5.22. The zero-order valence-corrected chi connectivity index (χ0v) is 8.56. The highest BCUT2D eigenvalue weighted by Crippen LogP contribution is 2.10. The SMILES string of the molecule is C=C/C=C(C=C)/C(=N\N)c1ccccc1. The highest BCUT2D eigenvalue weighted by Gasteiger charge is 2.05. The zero-order chi connectivity index (χ0) is 11.1. The first kappa shape index (κ1) is 11.0. The highest BCUT2D eigenvalue weighted by atomic mass is 15.1. The van der Waals surface area contributed by atoms with E-state index in [1.165, 1.54) is 0 Å². The predicted molar refractivity (Wildman–Crippen MR) is 65.6 cm³/mol. The van der Waals surface area contributed by atoms with Crippen molar-refractivity contribution in [3.05, 3.63) is 72.9 Å². The van der Waals surface area contributed by atoms with Gasteiger partial charge >= 0.3 is 0 Å². The molecular weight excluding hydrogens is 184 g/mol. The maximum absolute atomic E-state index is 5.38. The Bertz CT molecular complexity index is 400. The number of nitrogens with zero attached hydrogens (tertiary/aromatic N) is 1. The van der Waals surface area contributed by atoms with Crippen LogP contribution in [-0.4, -0.2) is 5.71 Å². The Labute approximate surface area is 90.1 Å². The molecule has 0 aromatic heterocycles. The molecule has 0 unspecified atom stereocenters. The van der Waals surface area contributed by atoms with Crippen molar-refractivity contribution < 1.29 is 0 Å². The summed E-state index contributed by atoms with van der Waals surface area (Å²) >= 11 is 0. The first-order valence-electron chi connectivity index (χ1n) is 4.62. The monoisotopic (exact) mass is 198 g/mol. The fourth-order valence-electron chi connectivity index (χ4n) is 1.28. The molecule has 0 bridgehead atoms. The Kier molecular flexibility index (Phi) is 4.10. The summed E-state index contributed by atoms with van der Waals surface area (Å²) in [6.45, 7) is 7.36. The van der Waals surface area contributed by atoms with Gasteiger partial charge in [0.2, 0.25) is 0 Å². The van der Waals surface area contributed by atoms with E-state index in [1.54, 1.807) is 12.2 Å². The van der Waals surface area contributed by atoms with Gasteiger partial charge < -0.3 is 5.84 Å². The molecule has 0 spiro atoms. The van der Waals surface area contributed by atoms with Crippen LogP contribution in [0.4, 0.5) is 0 Å². The van der Waals surface area contributed by atoms with Crippen LogP contribution in [0, 0.1) is 0 Å². The number of hydrogen-bond acceptors (Lipinski definition) is 2. The second-order valence-corrected chi connectivity index (χ2v) is 2.91. The van der Waals surface area contributed by atoms with Gasteiger partial charge in [0.1, 0.15) is 0 Å². The molecule has 1 aromatic rings. The van der Waals surface area contributed by atoms with Crippen LogP contribution in [-0.2, 0) is 0 Å². The third-order valence-corrected chi connectivity index (χ3v) is 1.97. The second kappa shape index (κ2) is 5.60. The molecule has 0 radical (unpaired) electrons. The van der Waals surface area contributed by atoms with E-state index in [1.807, 2.05) is 36.4 Å². The van der Waals surface area contributed by atoms with Gasteiger partial charge in [-0.05, 0) is 0 Å². The van der Waals surface area contributed by atoms with Crippen molar-refractivity contribution in [3.63, 3.8) is 0 Å². The van der Waals surface area contributed by atoms with Gasteiger partial charge in [-0.3, -0.25) is 0 Å². The fraction of sp³-hybridized carbons (Fsp3) is 0. The zero-order valence-electron chi connectivity index (χ0n) is 8.56. The molecule has 0 atom stereocenters. The molecule has 0 saturated heterocycles. The molecule has 0 aliphatic heterocycles. The lowest BCUT2D eigenvalue weighted by Gasteiger charge is -2.05. The van der Waals surface area contributed by atoms with E-state index >= 15 is 0 Å². The van der Waals surface area contributed by atoms with Crippen LogP contribution in [0.1, 0.15) is 5.56 Å². The molecule has 2 heteroatoms. The Hall–Kier alpha value is -2.09. The van der Waals surface area contributed by atoms with Gasteiger partial charge in [0.25, 0.3) is 0 Å². The van der Waals surface area contributed by atoms with Gasteiger partial charge in [0.05, 0.1) is 5.71 Å². The molecule has 2 N–H and O–H groups in total. The third kappa shape index (κ3) is 2.68. The minimum atomic E-state index is 0.713. The summed E-state index contributed by atoms with van der Waals surface area (Å²) in [4.78, 5) is 0. The minimum absolute atomic E-state index is 0.713. The molecule has 76 valence electrons. The Morgan fingerprint density at radius 3 is 2.33 bits per heavy atom.